The molecule has 0 atom stereocenters. The van der Waals surface area contributed by atoms with E-state index in [0.29, 0.717) is 22.2 Å². The van der Waals surface area contributed by atoms with E-state index in [4.69, 9.17) is 16.3 Å². The predicted octanol–water partition coefficient (Wildman–Crippen LogP) is 5.69. The fraction of sp³-hybridized carbons (Fsp3) is 0.179. The molecule has 4 rings (SSSR count). The third-order valence-electron chi connectivity index (χ3n) is 5.67. The molecule has 184 valence electrons. The Kier molecular flexibility index (Phi) is 7.71. The number of aromatic nitrogens is 2. The van der Waals surface area contributed by atoms with Crippen LogP contribution in [0, 0.1) is 0 Å². The highest BCUT2D eigenvalue weighted by Crippen LogP contribution is 2.26. The van der Waals surface area contributed by atoms with E-state index in [2.05, 4.69) is 10.3 Å². The van der Waals surface area contributed by atoms with Gasteiger partial charge in [0, 0.05) is 34.1 Å². The minimum absolute atomic E-state index is 0.114. The molecule has 0 saturated heterocycles. The zero-order valence-corrected chi connectivity index (χ0v) is 21.1. The van der Waals surface area contributed by atoms with E-state index in [1.54, 1.807) is 48.1 Å². The lowest BCUT2D eigenvalue weighted by atomic mass is 10.1. The molecule has 0 saturated carbocycles. The molecule has 1 aromatic heterocycles. The second-order valence-corrected chi connectivity index (χ2v) is 8.90. The van der Waals surface area contributed by atoms with Crippen LogP contribution < -0.4 is 10.1 Å². The van der Waals surface area contributed by atoms with E-state index in [0.717, 1.165) is 17.0 Å². The van der Waals surface area contributed by atoms with Crippen LogP contribution in [0.2, 0.25) is 5.02 Å². The molecular weight excluding hydrogens is 476 g/mol. The van der Waals surface area contributed by atoms with E-state index >= 15 is 0 Å². The Morgan fingerprint density at radius 3 is 2.28 bits per heavy atom. The minimum atomic E-state index is -0.351. The summed E-state index contributed by atoms with van der Waals surface area (Å²) in [5.41, 5.74) is 2.84. The lowest BCUT2D eigenvalue weighted by molar-refractivity contribution is -0.117. The van der Waals surface area contributed by atoms with Crippen LogP contribution in [0.3, 0.4) is 0 Å². The van der Waals surface area contributed by atoms with Crippen molar-refractivity contribution < 1.29 is 14.3 Å². The normalized spacial score (nSPS) is 10.8. The molecule has 0 aliphatic heterocycles. The third kappa shape index (κ3) is 5.75. The molecule has 0 fully saturated rings. The average Bonchev–Trinajstić information content (AvgIpc) is 3.31. The van der Waals surface area contributed by atoms with Crippen LogP contribution in [0.15, 0.2) is 85.1 Å². The van der Waals surface area contributed by atoms with Crippen LogP contribution in [-0.2, 0) is 4.79 Å². The van der Waals surface area contributed by atoms with Crippen molar-refractivity contribution in [1.82, 2.24) is 14.5 Å². The first-order valence-electron chi connectivity index (χ1n) is 11.5. The molecule has 1 N–H and O–H groups in total. The van der Waals surface area contributed by atoms with E-state index in [9.17, 15) is 9.59 Å². The number of ether oxygens (including phenoxy) is 1. The molecule has 1 heterocycles. The molecule has 0 aliphatic carbocycles. The second-order valence-electron chi connectivity index (χ2n) is 8.47. The number of methoxy groups -OCH3 is 1. The summed E-state index contributed by atoms with van der Waals surface area (Å²) in [5, 5.41) is 3.52. The van der Waals surface area contributed by atoms with E-state index in [1.165, 1.54) is 4.90 Å². The van der Waals surface area contributed by atoms with Crippen LogP contribution in [0.25, 0.3) is 16.9 Å². The number of carbonyl (C=O) groups is 2. The molecule has 3 aromatic carbocycles. The van der Waals surface area contributed by atoms with Crippen LogP contribution in [0.5, 0.6) is 5.75 Å². The molecule has 0 unspecified atom stereocenters. The van der Waals surface area contributed by atoms with Crippen molar-refractivity contribution >= 4 is 29.4 Å². The zero-order chi connectivity index (χ0) is 25.7. The van der Waals surface area contributed by atoms with Crippen molar-refractivity contribution in [2.45, 2.75) is 19.9 Å². The van der Waals surface area contributed by atoms with Crippen molar-refractivity contribution in [3.63, 3.8) is 0 Å². The first kappa shape index (κ1) is 25.0. The number of amides is 2. The molecule has 4 aromatic rings. The van der Waals surface area contributed by atoms with Gasteiger partial charge in [0.15, 0.2) is 0 Å². The molecule has 0 aliphatic rings. The number of anilines is 1. The van der Waals surface area contributed by atoms with Gasteiger partial charge in [0.05, 0.1) is 12.8 Å². The smallest absolute Gasteiger partial charge is 0.254 e. The summed E-state index contributed by atoms with van der Waals surface area (Å²) in [5.74, 6) is 0.498. The summed E-state index contributed by atoms with van der Waals surface area (Å²) >= 11 is 6.05. The summed E-state index contributed by atoms with van der Waals surface area (Å²) in [4.78, 5) is 32.4. The quantitative estimate of drug-likeness (QED) is 0.336. The summed E-state index contributed by atoms with van der Waals surface area (Å²) in [7, 11) is 1.60. The summed E-state index contributed by atoms with van der Waals surface area (Å²) in [6.45, 7) is 3.65. The van der Waals surface area contributed by atoms with Crippen LogP contribution >= 0.6 is 11.6 Å². The van der Waals surface area contributed by atoms with Crippen molar-refractivity contribution in [3.8, 4) is 22.7 Å². The first-order valence-corrected chi connectivity index (χ1v) is 11.9. The van der Waals surface area contributed by atoms with Crippen LogP contribution in [0.4, 0.5) is 5.95 Å². The Morgan fingerprint density at radius 1 is 1.00 bits per heavy atom. The molecule has 8 heteroatoms. The lowest BCUT2D eigenvalue weighted by Crippen LogP contribution is -2.42. The van der Waals surface area contributed by atoms with Crippen molar-refractivity contribution in [2.75, 3.05) is 19.0 Å². The van der Waals surface area contributed by atoms with Crippen LogP contribution in [-0.4, -0.2) is 46.0 Å². The Bertz CT molecular complexity index is 1330. The van der Waals surface area contributed by atoms with Gasteiger partial charge in [0.1, 0.15) is 12.3 Å². The van der Waals surface area contributed by atoms with E-state index in [1.807, 2.05) is 62.5 Å². The van der Waals surface area contributed by atoms with E-state index in [-0.39, 0.29) is 24.4 Å². The van der Waals surface area contributed by atoms with Gasteiger partial charge in [0.25, 0.3) is 5.91 Å². The van der Waals surface area contributed by atoms with Gasteiger partial charge < -0.3 is 9.64 Å². The van der Waals surface area contributed by atoms with Crippen molar-refractivity contribution in [3.05, 3.63) is 95.6 Å². The summed E-state index contributed by atoms with van der Waals surface area (Å²) < 4.78 is 7.06. The minimum Gasteiger partial charge on any atom is -0.497 e. The van der Waals surface area contributed by atoms with Gasteiger partial charge in [0.2, 0.25) is 11.9 Å². The van der Waals surface area contributed by atoms with Crippen molar-refractivity contribution in [1.29, 1.82) is 0 Å². The predicted molar refractivity (Wildman–Crippen MR) is 142 cm³/mol. The monoisotopic (exact) mass is 502 g/mol. The second kappa shape index (κ2) is 11.1. The number of hydrogen-bond acceptors (Lipinski definition) is 4. The highest BCUT2D eigenvalue weighted by molar-refractivity contribution is 6.30. The van der Waals surface area contributed by atoms with Gasteiger partial charge in [-0.2, -0.15) is 0 Å². The maximum Gasteiger partial charge on any atom is 0.254 e. The van der Waals surface area contributed by atoms with Gasteiger partial charge in [-0.1, -0.05) is 41.9 Å². The number of benzene rings is 3. The maximum atomic E-state index is 13.1. The number of rotatable bonds is 8. The first-order chi connectivity index (χ1) is 17.4. The van der Waals surface area contributed by atoms with Gasteiger partial charge in [-0.3, -0.25) is 19.5 Å². The van der Waals surface area contributed by atoms with E-state index < -0.39 is 0 Å². The molecule has 36 heavy (non-hydrogen) atoms. The number of halogens is 1. The highest BCUT2D eigenvalue weighted by Gasteiger charge is 2.23. The zero-order valence-electron chi connectivity index (χ0n) is 20.3. The molecule has 2 amide bonds. The Labute approximate surface area is 215 Å². The fourth-order valence-electron chi connectivity index (χ4n) is 3.72. The number of nitrogens with one attached hydrogen (secondary N) is 1. The van der Waals surface area contributed by atoms with Gasteiger partial charge >= 0.3 is 0 Å². The Morgan fingerprint density at radius 2 is 1.67 bits per heavy atom. The van der Waals surface area contributed by atoms with Gasteiger partial charge in [-0.05, 0) is 62.4 Å². The Balaban J connectivity index is 1.62. The molecule has 0 spiro atoms. The molecular formula is C28H27ClN4O3. The van der Waals surface area contributed by atoms with Crippen molar-refractivity contribution in [2.24, 2.45) is 0 Å². The summed E-state index contributed by atoms with van der Waals surface area (Å²) in [6, 6.07) is 23.5. The van der Waals surface area contributed by atoms with Crippen LogP contribution in [0.1, 0.15) is 24.2 Å². The van der Waals surface area contributed by atoms with Gasteiger partial charge in [-0.15, -0.1) is 0 Å². The number of nitrogens with zero attached hydrogens (tertiary/aromatic N) is 3. The molecule has 7 nitrogen and oxygen atoms in total. The standard InChI is InChI=1S/C28H27ClN4O3/c1-19(2)32(27(35)21-7-5-4-6-8-21)18-26(34)31-28-30-25(20-9-11-22(29)12-10-20)17-33(28)23-13-15-24(36-3)16-14-23/h4-17,19H,18H2,1-3H3,(H,30,31,34). The fourth-order valence-corrected chi connectivity index (χ4v) is 3.85. The topological polar surface area (TPSA) is 76.5 Å². The third-order valence-corrected chi connectivity index (χ3v) is 5.92. The number of hydrogen-bond donors (Lipinski definition) is 1. The molecule has 0 bridgehead atoms. The SMILES string of the molecule is COc1ccc(-n2cc(-c3ccc(Cl)cc3)nc2NC(=O)CN(C(=O)c2ccccc2)C(C)C)cc1. The van der Waals surface area contributed by atoms with Gasteiger partial charge in [-0.25, -0.2) is 4.98 Å². The summed E-state index contributed by atoms with van der Waals surface area (Å²) in [6.07, 6.45) is 1.84. The average molecular weight is 503 g/mol. The highest BCUT2D eigenvalue weighted by atomic mass is 35.5. The Hall–Kier alpha value is -4.10. The maximum absolute atomic E-state index is 13.1. The number of carbonyl (C=O) groups excluding carboxylic acids is 2. The lowest BCUT2D eigenvalue weighted by Gasteiger charge is -2.26. The largest absolute Gasteiger partial charge is 0.497 e. The molecule has 0 radical (unpaired) electrons. The number of imidazole rings is 1.